The quantitative estimate of drug-likeness (QED) is 0.620. The predicted octanol–water partition coefficient (Wildman–Crippen LogP) is 2.70. The molecule has 21 heavy (non-hydrogen) atoms. The molecule has 0 bridgehead atoms. The highest BCUT2D eigenvalue weighted by atomic mass is 35.5. The molecule has 0 aliphatic rings. The van der Waals surface area contributed by atoms with Crippen molar-refractivity contribution in [2.75, 3.05) is 7.11 Å². The zero-order chi connectivity index (χ0) is 15.7. The minimum atomic E-state index is -0.711. The molecule has 0 spiro atoms. The van der Waals surface area contributed by atoms with Crippen LogP contribution in [0.25, 0.3) is 0 Å². The Hall–Kier alpha value is -2.06. The number of ether oxygens (including phenoxy) is 1. The number of hydrogen-bond donors (Lipinski definition) is 1. The first-order valence-corrected chi connectivity index (χ1v) is 6.97. The predicted molar refractivity (Wildman–Crippen MR) is 78.8 cm³/mol. The fourth-order valence-corrected chi connectivity index (χ4v) is 1.91. The molecule has 1 aromatic rings. The van der Waals surface area contributed by atoms with Crippen LogP contribution in [0.2, 0.25) is 5.02 Å². The number of hydrogen-bond acceptors (Lipinski definition) is 4. The highest BCUT2D eigenvalue weighted by Gasteiger charge is 2.21. The van der Waals surface area contributed by atoms with Gasteiger partial charge in [0.2, 0.25) is 0 Å². The molecule has 0 heterocycles. The summed E-state index contributed by atoms with van der Waals surface area (Å²) in [7, 11) is 1.28. The van der Waals surface area contributed by atoms with Gasteiger partial charge in [-0.1, -0.05) is 11.6 Å². The molecule has 5 nitrogen and oxygen atoms in total. The number of nitriles is 1. The Labute approximate surface area is 128 Å². The molecule has 0 aromatic heterocycles. The van der Waals surface area contributed by atoms with Gasteiger partial charge in [0.05, 0.1) is 13.2 Å². The normalized spacial score (nSPS) is 11.3. The second-order valence-corrected chi connectivity index (χ2v) is 4.90. The van der Waals surface area contributed by atoms with Crippen molar-refractivity contribution in [2.45, 2.75) is 31.7 Å². The zero-order valence-corrected chi connectivity index (χ0v) is 12.5. The number of esters is 1. The number of carbonyl (C=O) groups is 2. The maximum Gasteiger partial charge on any atom is 0.328 e. The van der Waals surface area contributed by atoms with Gasteiger partial charge in [-0.15, -0.1) is 0 Å². The fraction of sp³-hybridized carbons (Fsp3) is 0.400. The monoisotopic (exact) mass is 308 g/mol. The zero-order valence-electron chi connectivity index (χ0n) is 11.8. The number of amides is 1. The van der Waals surface area contributed by atoms with Gasteiger partial charge in [-0.25, -0.2) is 4.79 Å². The largest absolute Gasteiger partial charge is 0.467 e. The third-order valence-electron chi connectivity index (χ3n) is 2.93. The van der Waals surface area contributed by atoms with Gasteiger partial charge in [-0.3, -0.25) is 4.79 Å². The van der Waals surface area contributed by atoms with E-state index in [4.69, 9.17) is 16.9 Å². The number of nitrogens with zero attached hydrogens (tertiary/aromatic N) is 1. The van der Waals surface area contributed by atoms with E-state index < -0.39 is 12.0 Å². The van der Waals surface area contributed by atoms with E-state index >= 15 is 0 Å². The Bertz CT molecular complexity index is 523. The first-order chi connectivity index (χ1) is 10.1. The summed E-state index contributed by atoms with van der Waals surface area (Å²) < 4.78 is 4.69. The van der Waals surface area contributed by atoms with Crippen LogP contribution in [0.15, 0.2) is 24.3 Å². The molecular weight excluding hydrogens is 292 g/mol. The highest BCUT2D eigenvalue weighted by molar-refractivity contribution is 6.30. The van der Waals surface area contributed by atoms with E-state index in [1.165, 1.54) is 7.11 Å². The first-order valence-electron chi connectivity index (χ1n) is 6.59. The number of carbonyl (C=O) groups excluding carboxylic acids is 2. The topological polar surface area (TPSA) is 79.2 Å². The molecule has 6 heteroatoms. The van der Waals surface area contributed by atoms with Gasteiger partial charge in [0.15, 0.2) is 0 Å². The van der Waals surface area contributed by atoms with Gasteiger partial charge >= 0.3 is 5.97 Å². The second-order valence-electron chi connectivity index (χ2n) is 4.46. The third-order valence-corrected chi connectivity index (χ3v) is 3.18. The summed E-state index contributed by atoms with van der Waals surface area (Å²) in [5.74, 6) is -0.850. The molecule has 1 N–H and O–H groups in total. The summed E-state index contributed by atoms with van der Waals surface area (Å²) in [5.41, 5.74) is 0.422. The minimum absolute atomic E-state index is 0.359. The van der Waals surface area contributed by atoms with Crippen LogP contribution in [-0.2, 0) is 9.53 Å². The Kier molecular flexibility index (Phi) is 7.27. The van der Waals surface area contributed by atoms with E-state index in [-0.39, 0.29) is 5.91 Å². The van der Waals surface area contributed by atoms with E-state index in [0.29, 0.717) is 36.3 Å². The molecule has 0 aliphatic heterocycles. The van der Waals surface area contributed by atoms with E-state index in [9.17, 15) is 9.59 Å². The number of unbranched alkanes of at least 4 members (excludes halogenated alkanes) is 2. The van der Waals surface area contributed by atoms with Crippen molar-refractivity contribution in [3.05, 3.63) is 34.9 Å². The SMILES string of the molecule is COC(=O)[C@H](CCCCC#N)NC(=O)c1ccc(Cl)cc1. The number of benzene rings is 1. The molecular formula is C15H17ClN2O3. The van der Waals surface area contributed by atoms with Gasteiger partial charge in [-0.05, 0) is 43.5 Å². The van der Waals surface area contributed by atoms with Crippen LogP contribution in [-0.4, -0.2) is 25.0 Å². The standard InChI is InChI=1S/C15H17ClN2O3/c1-21-15(20)13(5-3-2-4-10-17)18-14(19)11-6-8-12(16)9-7-11/h6-9,13H,2-5H2,1H3,(H,18,19)/t13-/m0/s1. The van der Waals surface area contributed by atoms with Crippen LogP contribution in [0.3, 0.4) is 0 Å². The number of methoxy groups -OCH3 is 1. The van der Waals surface area contributed by atoms with Crippen molar-refractivity contribution < 1.29 is 14.3 Å². The maximum absolute atomic E-state index is 12.1. The van der Waals surface area contributed by atoms with E-state index in [1.54, 1.807) is 24.3 Å². The highest BCUT2D eigenvalue weighted by Crippen LogP contribution is 2.11. The maximum atomic E-state index is 12.1. The average Bonchev–Trinajstić information content (AvgIpc) is 2.50. The molecule has 0 saturated heterocycles. The summed E-state index contributed by atoms with van der Waals surface area (Å²) in [6.45, 7) is 0. The van der Waals surface area contributed by atoms with Gasteiger partial charge in [0, 0.05) is 17.0 Å². The number of rotatable bonds is 7. The van der Waals surface area contributed by atoms with E-state index in [2.05, 4.69) is 10.1 Å². The van der Waals surface area contributed by atoms with Gasteiger partial charge in [-0.2, -0.15) is 5.26 Å². The summed E-state index contributed by atoms with van der Waals surface area (Å²) >= 11 is 5.76. The molecule has 1 atom stereocenters. The Morgan fingerprint density at radius 1 is 1.33 bits per heavy atom. The Morgan fingerprint density at radius 3 is 2.57 bits per heavy atom. The summed E-state index contributed by atoms with van der Waals surface area (Å²) in [6, 6.07) is 7.71. The summed E-state index contributed by atoms with van der Waals surface area (Å²) in [6.07, 6.45) is 2.21. The molecule has 1 amide bonds. The summed E-state index contributed by atoms with van der Waals surface area (Å²) in [5, 5.41) is 11.7. The van der Waals surface area contributed by atoms with Crippen LogP contribution in [0, 0.1) is 11.3 Å². The average molecular weight is 309 g/mol. The van der Waals surface area contributed by atoms with Crippen LogP contribution >= 0.6 is 11.6 Å². The second kappa shape index (κ2) is 8.98. The van der Waals surface area contributed by atoms with Crippen LogP contribution < -0.4 is 5.32 Å². The number of nitrogens with one attached hydrogen (secondary N) is 1. The summed E-state index contributed by atoms with van der Waals surface area (Å²) in [4.78, 5) is 23.7. The fourth-order valence-electron chi connectivity index (χ4n) is 1.79. The van der Waals surface area contributed by atoms with Crippen LogP contribution in [0.4, 0.5) is 0 Å². The molecule has 0 aliphatic carbocycles. The van der Waals surface area contributed by atoms with Crippen LogP contribution in [0.5, 0.6) is 0 Å². The van der Waals surface area contributed by atoms with Crippen molar-refractivity contribution >= 4 is 23.5 Å². The Balaban J connectivity index is 2.63. The molecule has 1 rings (SSSR count). The van der Waals surface area contributed by atoms with E-state index in [1.807, 2.05) is 6.07 Å². The molecule has 0 saturated carbocycles. The molecule has 0 unspecified atom stereocenters. The molecule has 112 valence electrons. The molecule has 0 radical (unpaired) electrons. The Morgan fingerprint density at radius 2 is 2.00 bits per heavy atom. The van der Waals surface area contributed by atoms with Gasteiger partial charge in [0.1, 0.15) is 6.04 Å². The van der Waals surface area contributed by atoms with Gasteiger partial charge in [0.25, 0.3) is 5.91 Å². The lowest BCUT2D eigenvalue weighted by molar-refractivity contribution is -0.143. The van der Waals surface area contributed by atoms with Crippen molar-refractivity contribution in [3.63, 3.8) is 0 Å². The van der Waals surface area contributed by atoms with Crippen molar-refractivity contribution in [3.8, 4) is 6.07 Å². The van der Waals surface area contributed by atoms with E-state index in [0.717, 1.165) is 0 Å². The van der Waals surface area contributed by atoms with Crippen LogP contribution in [0.1, 0.15) is 36.0 Å². The van der Waals surface area contributed by atoms with Crippen molar-refractivity contribution in [1.29, 1.82) is 5.26 Å². The first kappa shape index (κ1) is 17.0. The minimum Gasteiger partial charge on any atom is -0.467 e. The van der Waals surface area contributed by atoms with Crippen molar-refractivity contribution in [1.82, 2.24) is 5.32 Å². The smallest absolute Gasteiger partial charge is 0.328 e. The third kappa shape index (κ3) is 5.84. The number of halogens is 1. The molecule has 1 aromatic carbocycles. The van der Waals surface area contributed by atoms with Gasteiger partial charge < -0.3 is 10.1 Å². The van der Waals surface area contributed by atoms with Crippen molar-refractivity contribution in [2.24, 2.45) is 0 Å². The lowest BCUT2D eigenvalue weighted by atomic mass is 10.1. The lowest BCUT2D eigenvalue weighted by Crippen LogP contribution is -2.41. The lowest BCUT2D eigenvalue weighted by Gasteiger charge is -2.16. The molecule has 0 fully saturated rings.